The third-order valence-electron chi connectivity index (χ3n) is 5.86. The first kappa shape index (κ1) is 19.1. The Bertz CT molecular complexity index is 898. The van der Waals surface area contributed by atoms with Crippen molar-refractivity contribution in [3.05, 3.63) is 65.2 Å². The molecule has 1 fully saturated rings. The highest BCUT2D eigenvalue weighted by molar-refractivity contribution is 7.18. The number of para-hydroxylation sites is 1. The zero-order valence-corrected chi connectivity index (χ0v) is 17.4. The SMILES string of the molecule is C[C@@H](c1ccccc1)N(C)C(=O)CN1CCC(c2nc3ccccc3s2)CC1. The summed E-state index contributed by atoms with van der Waals surface area (Å²) in [5.74, 6) is 0.708. The fourth-order valence-corrected chi connectivity index (χ4v) is 5.01. The van der Waals surface area contributed by atoms with Crippen LogP contribution in [0.25, 0.3) is 10.2 Å². The van der Waals surface area contributed by atoms with Crippen LogP contribution in [0.4, 0.5) is 0 Å². The van der Waals surface area contributed by atoms with Crippen LogP contribution in [0.1, 0.15) is 42.3 Å². The summed E-state index contributed by atoms with van der Waals surface area (Å²) in [5, 5.41) is 1.25. The number of hydrogen-bond acceptors (Lipinski definition) is 4. The first-order chi connectivity index (χ1) is 13.6. The summed E-state index contributed by atoms with van der Waals surface area (Å²) in [6.45, 7) is 4.51. The Hall–Kier alpha value is -2.24. The standard InChI is InChI=1S/C23H27N3OS/c1-17(18-8-4-3-5-9-18)25(2)22(27)16-26-14-12-19(13-15-26)23-24-20-10-6-7-11-21(20)28-23/h3-11,17,19H,12-16H2,1-2H3/t17-/m0/s1. The second kappa shape index (κ2) is 8.41. The van der Waals surface area contributed by atoms with E-state index in [-0.39, 0.29) is 11.9 Å². The summed E-state index contributed by atoms with van der Waals surface area (Å²) >= 11 is 1.82. The maximum Gasteiger partial charge on any atom is 0.236 e. The number of hydrogen-bond donors (Lipinski definition) is 0. The third-order valence-corrected chi connectivity index (χ3v) is 7.06. The minimum absolute atomic E-state index is 0.0917. The maximum atomic E-state index is 12.8. The molecule has 1 amide bonds. The van der Waals surface area contributed by atoms with Crippen LogP contribution < -0.4 is 0 Å². The number of likely N-dealkylation sites (N-methyl/N-ethyl adjacent to an activating group) is 1. The molecule has 28 heavy (non-hydrogen) atoms. The molecule has 0 spiro atoms. The molecule has 1 aliphatic rings. The van der Waals surface area contributed by atoms with Crippen molar-refractivity contribution in [1.29, 1.82) is 0 Å². The van der Waals surface area contributed by atoms with Gasteiger partial charge >= 0.3 is 0 Å². The number of carbonyl (C=O) groups is 1. The van der Waals surface area contributed by atoms with Gasteiger partial charge in [-0.25, -0.2) is 4.98 Å². The topological polar surface area (TPSA) is 36.4 Å². The molecule has 1 aromatic heterocycles. The number of piperidine rings is 1. The largest absolute Gasteiger partial charge is 0.338 e. The number of benzene rings is 2. The molecule has 0 saturated carbocycles. The molecule has 1 aliphatic heterocycles. The molecule has 0 aliphatic carbocycles. The lowest BCUT2D eigenvalue weighted by Gasteiger charge is -2.33. The van der Waals surface area contributed by atoms with Crippen molar-refractivity contribution in [3.8, 4) is 0 Å². The fraction of sp³-hybridized carbons (Fsp3) is 0.391. The molecule has 0 N–H and O–H groups in total. The predicted molar refractivity (Wildman–Crippen MR) is 116 cm³/mol. The molecule has 4 nitrogen and oxygen atoms in total. The van der Waals surface area contributed by atoms with E-state index in [9.17, 15) is 4.79 Å². The molecular weight excluding hydrogens is 366 g/mol. The minimum Gasteiger partial charge on any atom is -0.338 e. The number of nitrogens with zero attached hydrogens (tertiary/aromatic N) is 3. The molecule has 5 heteroatoms. The summed E-state index contributed by atoms with van der Waals surface area (Å²) in [6, 6.07) is 18.7. The molecule has 1 saturated heterocycles. The van der Waals surface area contributed by atoms with Crippen molar-refractivity contribution in [3.63, 3.8) is 0 Å². The number of amides is 1. The van der Waals surface area contributed by atoms with Crippen LogP contribution in [0.15, 0.2) is 54.6 Å². The average Bonchev–Trinajstić information content (AvgIpc) is 3.18. The van der Waals surface area contributed by atoms with Crippen LogP contribution in [0.3, 0.4) is 0 Å². The van der Waals surface area contributed by atoms with E-state index >= 15 is 0 Å². The van der Waals surface area contributed by atoms with E-state index < -0.39 is 0 Å². The number of likely N-dealkylation sites (tertiary alicyclic amines) is 1. The number of thiazole rings is 1. The molecular formula is C23H27N3OS. The van der Waals surface area contributed by atoms with Crippen molar-refractivity contribution in [2.45, 2.75) is 31.7 Å². The van der Waals surface area contributed by atoms with E-state index in [1.807, 2.05) is 47.5 Å². The molecule has 3 aromatic rings. The zero-order valence-electron chi connectivity index (χ0n) is 16.5. The number of aromatic nitrogens is 1. The zero-order chi connectivity index (χ0) is 19.5. The van der Waals surface area contributed by atoms with Crippen molar-refractivity contribution in [2.75, 3.05) is 26.7 Å². The van der Waals surface area contributed by atoms with Crippen molar-refractivity contribution in [2.24, 2.45) is 0 Å². The molecule has 2 heterocycles. The Morgan fingerprint density at radius 1 is 1.14 bits per heavy atom. The van der Waals surface area contributed by atoms with Gasteiger partial charge in [0.05, 0.1) is 27.8 Å². The van der Waals surface area contributed by atoms with Crippen LogP contribution in [0.2, 0.25) is 0 Å². The van der Waals surface area contributed by atoms with Gasteiger partial charge < -0.3 is 4.90 Å². The Labute approximate surface area is 170 Å². The third kappa shape index (κ3) is 4.10. The fourth-order valence-electron chi connectivity index (χ4n) is 3.88. The van der Waals surface area contributed by atoms with E-state index in [0.717, 1.165) is 31.4 Å². The number of fused-ring (bicyclic) bond motifs is 1. The Kier molecular flexibility index (Phi) is 5.74. The highest BCUT2D eigenvalue weighted by Crippen LogP contribution is 2.33. The minimum atomic E-state index is 0.0917. The van der Waals surface area contributed by atoms with Gasteiger partial charge in [-0.15, -0.1) is 11.3 Å². The lowest BCUT2D eigenvalue weighted by Crippen LogP contribution is -2.42. The molecule has 0 bridgehead atoms. The van der Waals surface area contributed by atoms with Gasteiger partial charge in [0.1, 0.15) is 0 Å². The van der Waals surface area contributed by atoms with Crippen LogP contribution in [0.5, 0.6) is 0 Å². The van der Waals surface area contributed by atoms with Gasteiger partial charge in [0.15, 0.2) is 0 Å². The smallest absolute Gasteiger partial charge is 0.236 e. The Morgan fingerprint density at radius 3 is 2.54 bits per heavy atom. The highest BCUT2D eigenvalue weighted by Gasteiger charge is 2.26. The average molecular weight is 394 g/mol. The molecule has 0 unspecified atom stereocenters. The summed E-state index contributed by atoms with van der Waals surface area (Å²) in [6.07, 6.45) is 2.15. The van der Waals surface area contributed by atoms with E-state index in [2.05, 4.69) is 42.2 Å². The monoisotopic (exact) mass is 393 g/mol. The summed E-state index contributed by atoms with van der Waals surface area (Å²) in [7, 11) is 1.91. The predicted octanol–water partition coefficient (Wildman–Crippen LogP) is 4.70. The lowest BCUT2D eigenvalue weighted by molar-refractivity contribution is -0.133. The van der Waals surface area contributed by atoms with E-state index in [1.165, 1.54) is 15.3 Å². The van der Waals surface area contributed by atoms with E-state index in [1.54, 1.807) is 0 Å². The molecule has 4 rings (SSSR count). The molecule has 2 aromatic carbocycles. The van der Waals surface area contributed by atoms with Gasteiger partial charge in [-0.1, -0.05) is 42.5 Å². The van der Waals surface area contributed by atoms with Gasteiger partial charge in [0.2, 0.25) is 5.91 Å². The Balaban J connectivity index is 1.32. The molecule has 146 valence electrons. The highest BCUT2D eigenvalue weighted by atomic mass is 32.1. The van der Waals surface area contributed by atoms with E-state index in [4.69, 9.17) is 4.98 Å². The molecule has 0 radical (unpaired) electrons. The van der Waals surface area contributed by atoms with Crippen LogP contribution in [-0.2, 0) is 4.79 Å². The van der Waals surface area contributed by atoms with Gasteiger partial charge in [-0.3, -0.25) is 9.69 Å². The van der Waals surface area contributed by atoms with Crippen LogP contribution in [0, 0.1) is 0 Å². The van der Waals surface area contributed by atoms with Gasteiger partial charge in [-0.2, -0.15) is 0 Å². The lowest BCUT2D eigenvalue weighted by atomic mass is 9.97. The summed E-state index contributed by atoms with van der Waals surface area (Å²) in [5.41, 5.74) is 2.28. The number of rotatable bonds is 5. The van der Waals surface area contributed by atoms with Crippen molar-refractivity contribution in [1.82, 2.24) is 14.8 Å². The second-order valence-electron chi connectivity index (χ2n) is 7.66. The Morgan fingerprint density at radius 2 is 1.82 bits per heavy atom. The quantitative estimate of drug-likeness (QED) is 0.631. The summed E-state index contributed by atoms with van der Waals surface area (Å²) < 4.78 is 1.27. The molecule has 1 atom stereocenters. The van der Waals surface area contributed by atoms with Crippen molar-refractivity contribution < 1.29 is 4.79 Å². The van der Waals surface area contributed by atoms with Gasteiger partial charge in [-0.05, 0) is 50.6 Å². The maximum absolute atomic E-state index is 12.8. The van der Waals surface area contributed by atoms with Gasteiger partial charge in [0.25, 0.3) is 0 Å². The number of carbonyl (C=O) groups excluding carboxylic acids is 1. The van der Waals surface area contributed by atoms with Crippen LogP contribution in [-0.4, -0.2) is 47.4 Å². The normalized spacial score (nSPS) is 16.9. The second-order valence-corrected chi connectivity index (χ2v) is 8.72. The van der Waals surface area contributed by atoms with Crippen LogP contribution >= 0.6 is 11.3 Å². The van der Waals surface area contributed by atoms with Gasteiger partial charge in [0, 0.05) is 13.0 Å². The van der Waals surface area contributed by atoms with Crippen molar-refractivity contribution >= 4 is 27.5 Å². The first-order valence-electron chi connectivity index (χ1n) is 10.0. The first-order valence-corrected chi connectivity index (χ1v) is 10.8. The van der Waals surface area contributed by atoms with E-state index in [0.29, 0.717) is 12.5 Å². The summed E-state index contributed by atoms with van der Waals surface area (Å²) in [4.78, 5) is 21.8.